The zero-order valence-corrected chi connectivity index (χ0v) is 12.8. The summed E-state index contributed by atoms with van der Waals surface area (Å²) < 4.78 is 0. The predicted molar refractivity (Wildman–Crippen MR) is 85.4 cm³/mol. The van der Waals surface area contributed by atoms with Gasteiger partial charge in [0.15, 0.2) is 0 Å². The number of anilines is 1. The molecule has 5 heteroatoms. The van der Waals surface area contributed by atoms with Gasteiger partial charge < -0.3 is 5.32 Å². The standard InChI is InChI=1S/C17H22N4O/c18-12-14-4-1-2-7-16(14)19-17(22)13-20-8-10-21(11-9-20)15-5-3-6-15/h1-2,4,7,15H,3,5-6,8-11,13H2,(H,19,22). The van der Waals surface area contributed by atoms with Crippen molar-refractivity contribution < 1.29 is 4.79 Å². The summed E-state index contributed by atoms with van der Waals surface area (Å²) in [6.45, 7) is 4.42. The molecule has 2 aliphatic rings. The quantitative estimate of drug-likeness (QED) is 0.918. The number of carbonyl (C=O) groups excluding carboxylic acids is 1. The fourth-order valence-corrected chi connectivity index (χ4v) is 3.12. The van der Waals surface area contributed by atoms with Crippen LogP contribution >= 0.6 is 0 Å². The summed E-state index contributed by atoms with van der Waals surface area (Å²) in [6.07, 6.45) is 4.04. The molecule has 0 radical (unpaired) electrons. The summed E-state index contributed by atoms with van der Waals surface area (Å²) in [4.78, 5) is 16.9. The molecule has 0 atom stereocenters. The number of amides is 1. The van der Waals surface area contributed by atoms with Gasteiger partial charge in [0.1, 0.15) is 6.07 Å². The number of nitriles is 1. The van der Waals surface area contributed by atoms with Crippen LogP contribution < -0.4 is 5.32 Å². The molecule has 0 spiro atoms. The lowest BCUT2D eigenvalue weighted by molar-refractivity contribution is -0.117. The maximum Gasteiger partial charge on any atom is 0.238 e. The van der Waals surface area contributed by atoms with E-state index < -0.39 is 0 Å². The summed E-state index contributed by atoms with van der Waals surface area (Å²) in [6, 6.07) is 10.0. The predicted octanol–water partition coefficient (Wildman–Crippen LogP) is 1.67. The van der Waals surface area contributed by atoms with Crippen LogP contribution in [0, 0.1) is 11.3 Å². The molecule has 1 aromatic carbocycles. The normalized spacial score (nSPS) is 20.1. The van der Waals surface area contributed by atoms with Crippen molar-refractivity contribution in [1.82, 2.24) is 9.80 Å². The fourth-order valence-electron chi connectivity index (χ4n) is 3.12. The lowest BCUT2D eigenvalue weighted by Gasteiger charge is -2.42. The van der Waals surface area contributed by atoms with Gasteiger partial charge in [0.05, 0.1) is 17.8 Å². The van der Waals surface area contributed by atoms with E-state index in [0.717, 1.165) is 32.2 Å². The highest BCUT2D eigenvalue weighted by Gasteiger charge is 2.28. The Morgan fingerprint density at radius 2 is 1.95 bits per heavy atom. The monoisotopic (exact) mass is 298 g/mol. The minimum Gasteiger partial charge on any atom is -0.324 e. The Kier molecular flexibility index (Phi) is 4.71. The van der Waals surface area contributed by atoms with Crippen LogP contribution in [-0.2, 0) is 4.79 Å². The van der Waals surface area contributed by atoms with Gasteiger partial charge in [-0.15, -0.1) is 0 Å². The average molecular weight is 298 g/mol. The van der Waals surface area contributed by atoms with Gasteiger partial charge in [-0.05, 0) is 25.0 Å². The Morgan fingerprint density at radius 3 is 2.59 bits per heavy atom. The van der Waals surface area contributed by atoms with Gasteiger partial charge in [-0.1, -0.05) is 18.6 Å². The molecule has 22 heavy (non-hydrogen) atoms. The SMILES string of the molecule is N#Cc1ccccc1NC(=O)CN1CCN(C2CCC2)CC1. The Labute approximate surface area is 131 Å². The number of hydrogen-bond acceptors (Lipinski definition) is 4. The molecule has 2 fully saturated rings. The van der Waals surface area contributed by atoms with Gasteiger partial charge in [0.2, 0.25) is 5.91 Å². The third-order valence-electron chi connectivity index (χ3n) is 4.69. The number of para-hydroxylation sites is 1. The molecule has 5 nitrogen and oxygen atoms in total. The molecule has 0 unspecified atom stereocenters. The van der Waals surface area contributed by atoms with E-state index in [0.29, 0.717) is 17.8 Å². The molecule has 0 aromatic heterocycles. The van der Waals surface area contributed by atoms with Crippen LogP contribution in [0.2, 0.25) is 0 Å². The molecule has 3 rings (SSSR count). The van der Waals surface area contributed by atoms with E-state index in [-0.39, 0.29) is 5.91 Å². The van der Waals surface area contributed by atoms with Crippen molar-refractivity contribution in [2.75, 3.05) is 38.0 Å². The minimum atomic E-state index is -0.0419. The van der Waals surface area contributed by atoms with Gasteiger partial charge >= 0.3 is 0 Å². The fraction of sp³-hybridized carbons (Fsp3) is 0.529. The molecule has 1 aliphatic carbocycles. The Bertz CT molecular complexity index is 568. The highest BCUT2D eigenvalue weighted by molar-refractivity contribution is 5.93. The molecule has 116 valence electrons. The first-order chi connectivity index (χ1) is 10.8. The van der Waals surface area contributed by atoms with Crippen LogP contribution in [-0.4, -0.2) is 54.5 Å². The van der Waals surface area contributed by atoms with Crippen molar-refractivity contribution >= 4 is 11.6 Å². The van der Waals surface area contributed by atoms with Crippen LogP contribution in [0.1, 0.15) is 24.8 Å². The van der Waals surface area contributed by atoms with Crippen molar-refractivity contribution in [2.45, 2.75) is 25.3 Å². The minimum absolute atomic E-state index is 0.0419. The van der Waals surface area contributed by atoms with Crippen LogP contribution in [0.5, 0.6) is 0 Å². The Hall–Kier alpha value is -1.90. The molecule has 1 N–H and O–H groups in total. The van der Waals surface area contributed by atoms with E-state index in [9.17, 15) is 4.79 Å². The lowest BCUT2D eigenvalue weighted by Crippen LogP contribution is -2.53. The summed E-state index contributed by atoms with van der Waals surface area (Å²) in [5.74, 6) is -0.0419. The molecule has 1 aromatic rings. The van der Waals surface area contributed by atoms with Crippen LogP contribution in [0.15, 0.2) is 24.3 Å². The number of nitrogens with one attached hydrogen (secondary N) is 1. The average Bonchev–Trinajstić information content (AvgIpc) is 2.48. The van der Waals surface area contributed by atoms with Crippen LogP contribution in [0.4, 0.5) is 5.69 Å². The topological polar surface area (TPSA) is 59.4 Å². The smallest absolute Gasteiger partial charge is 0.238 e. The second kappa shape index (κ2) is 6.91. The second-order valence-corrected chi connectivity index (χ2v) is 6.10. The zero-order chi connectivity index (χ0) is 15.4. The van der Waals surface area contributed by atoms with E-state index in [4.69, 9.17) is 5.26 Å². The van der Waals surface area contributed by atoms with Gasteiger partial charge in [0.25, 0.3) is 0 Å². The Balaban J connectivity index is 1.47. The van der Waals surface area contributed by atoms with Gasteiger partial charge in [-0.3, -0.25) is 14.6 Å². The van der Waals surface area contributed by atoms with Gasteiger partial charge in [-0.25, -0.2) is 0 Å². The molecule has 1 heterocycles. The number of rotatable bonds is 4. The van der Waals surface area contributed by atoms with Crippen LogP contribution in [0.25, 0.3) is 0 Å². The lowest BCUT2D eigenvalue weighted by atomic mass is 9.91. The molecule has 1 saturated heterocycles. The van der Waals surface area contributed by atoms with E-state index >= 15 is 0 Å². The summed E-state index contributed by atoms with van der Waals surface area (Å²) in [7, 11) is 0. The molecule has 1 aliphatic heterocycles. The van der Waals surface area contributed by atoms with E-state index in [1.54, 1.807) is 18.2 Å². The van der Waals surface area contributed by atoms with Gasteiger partial charge in [-0.2, -0.15) is 5.26 Å². The van der Waals surface area contributed by atoms with Crippen molar-refractivity contribution in [3.05, 3.63) is 29.8 Å². The second-order valence-electron chi connectivity index (χ2n) is 6.10. The van der Waals surface area contributed by atoms with Crippen LogP contribution in [0.3, 0.4) is 0 Å². The first-order valence-electron chi connectivity index (χ1n) is 8.01. The largest absolute Gasteiger partial charge is 0.324 e. The van der Waals surface area contributed by atoms with Gasteiger partial charge in [0, 0.05) is 32.2 Å². The van der Waals surface area contributed by atoms with E-state index in [1.807, 2.05) is 6.07 Å². The number of carbonyl (C=O) groups is 1. The highest BCUT2D eigenvalue weighted by Crippen LogP contribution is 2.25. The number of hydrogen-bond donors (Lipinski definition) is 1. The maximum absolute atomic E-state index is 12.2. The summed E-state index contributed by atoms with van der Waals surface area (Å²) >= 11 is 0. The number of nitrogens with zero attached hydrogens (tertiary/aromatic N) is 3. The third kappa shape index (κ3) is 3.46. The number of piperazine rings is 1. The first-order valence-corrected chi connectivity index (χ1v) is 8.01. The maximum atomic E-state index is 12.2. The molecule has 0 bridgehead atoms. The molecule has 1 saturated carbocycles. The van der Waals surface area contributed by atoms with Crippen molar-refractivity contribution in [3.63, 3.8) is 0 Å². The Morgan fingerprint density at radius 1 is 1.23 bits per heavy atom. The van der Waals surface area contributed by atoms with Crippen molar-refractivity contribution in [1.29, 1.82) is 5.26 Å². The number of benzene rings is 1. The van der Waals surface area contributed by atoms with E-state index in [1.165, 1.54) is 19.3 Å². The first kappa shape index (κ1) is 15.0. The zero-order valence-electron chi connectivity index (χ0n) is 12.8. The van der Waals surface area contributed by atoms with Crippen molar-refractivity contribution in [3.8, 4) is 6.07 Å². The summed E-state index contributed by atoms with van der Waals surface area (Å²) in [5, 5.41) is 11.9. The third-order valence-corrected chi connectivity index (χ3v) is 4.69. The van der Waals surface area contributed by atoms with E-state index in [2.05, 4.69) is 21.2 Å². The van der Waals surface area contributed by atoms with Crippen molar-refractivity contribution in [2.24, 2.45) is 0 Å². The summed E-state index contributed by atoms with van der Waals surface area (Å²) in [5.41, 5.74) is 1.11. The highest BCUT2D eigenvalue weighted by atomic mass is 16.2. The molecule has 1 amide bonds. The molecular weight excluding hydrogens is 276 g/mol. The molecular formula is C17H22N4O.